The molecule has 0 aliphatic carbocycles. The third-order valence-corrected chi connectivity index (χ3v) is 5.43. The van der Waals surface area contributed by atoms with Gasteiger partial charge in [-0.3, -0.25) is 0 Å². The average molecular weight is 279 g/mol. The highest BCUT2D eigenvalue weighted by molar-refractivity contribution is 7.89. The molecule has 6 heteroatoms. The molecule has 0 N–H and O–H groups in total. The van der Waals surface area contributed by atoms with Crippen molar-refractivity contribution in [3.63, 3.8) is 0 Å². The third kappa shape index (κ3) is 2.88. The topological polar surface area (TPSA) is 64.4 Å². The number of para-hydroxylation sites is 1. The molecule has 2 rings (SSSR count). The van der Waals surface area contributed by atoms with Crippen molar-refractivity contribution in [3.8, 4) is 6.07 Å². The third-order valence-electron chi connectivity index (χ3n) is 3.35. The van der Waals surface area contributed by atoms with Gasteiger partial charge in [0.25, 0.3) is 0 Å². The molecule has 1 fully saturated rings. The number of benzene rings is 1. The molecule has 1 unspecified atom stereocenters. The molecule has 0 spiro atoms. The van der Waals surface area contributed by atoms with Crippen molar-refractivity contribution < 1.29 is 8.42 Å². The Morgan fingerprint density at radius 3 is 2.26 bits per heavy atom. The van der Waals surface area contributed by atoms with Gasteiger partial charge in [-0.05, 0) is 19.1 Å². The van der Waals surface area contributed by atoms with Crippen LogP contribution in [0.15, 0.2) is 30.3 Å². The van der Waals surface area contributed by atoms with E-state index in [2.05, 4.69) is 4.90 Å². The van der Waals surface area contributed by atoms with Crippen LogP contribution in [0.1, 0.15) is 6.92 Å². The van der Waals surface area contributed by atoms with E-state index in [1.165, 1.54) is 11.2 Å². The fourth-order valence-corrected chi connectivity index (χ4v) is 3.38. The van der Waals surface area contributed by atoms with Gasteiger partial charge < -0.3 is 4.90 Å². The van der Waals surface area contributed by atoms with Crippen LogP contribution in [-0.4, -0.2) is 44.2 Å². The first-order valence-electron chi connectivity index (χ1n) is 6.24. The predicted molar refractivity (Wildman–Crippen MR) is 74.2 cm³/mol. The largest absolute Gasteiger partial charge is 0.369 e. The number of rotatable bonds is 3. The van der Waals surface area contributed by atoms with Crippen LogP contribution in [0.2, 0.25) is 0 Å². The minimum Gasteiger partial charge on any atom is -0.369 e. The Morgan fingerprint density at radius 1 is 1.16 bits per heavy atom. The van der Waals surface area contributed by atoms with Gasteiger partial charge in [-0.15, -0.1) is 0 Å². The summed E-state index contributed by atoms with van der Waals surface area (Å²) in [5.74, 6) is 0. The summed E-state index contributed by atoms with van der Waals surface area (Å²) in [6, 6.07) is 11.7. The molecular weight excluding hydrogens is 262 g/mol. The number of anilines is 1. The van der Waals surface area contributed by atoms with Crippen molar-refractivity contribution in [3.05, 3.63) is 30.3 Å². The molecule has 1 aliphatic heterocycles. The molecule has 1 aromatic carbocycles. The molecule has 0 aromatic heterocycles. The van der Waals surface area contributed by atoms with E-state index in [-0.39, 0.29) is 0 Å². The zero-order chi connectivity index (χ0) is 13.9. The summed E-state index contributed by atoms with van der Waals surface area (Å²) in [5.41, 5.74) is 1.10. The molecule has 1 atom stereocenters. The lowest BCUT2D eigenvalue weighted by molar-refractivity contribution is 0.383. The van der Waals surface area contributed by atoms with Gasteiger partial charge in [0.05, 0.1) is 6.07 Å². The molecule has 19 heavy (non-hydrogen) atoms. The fourth-order valence-electron chi connectivity index (χ4n) is 2.13. The molecule has 1 heterocycles. The first-order valence-corrected chi connectivity index (χ1v) is 7.74. The van der Waals surface area contributed by atoms with Crippen LogP contribution in [-0.2, 0) is 10.0 Å². The monoisotopic (exact) mass is 279 g/mol. The van der Waals surface area contributed by atoms with Gasteiger partial charge in [0.15, 0.2) is 5.25 Å². The van der Waals surface area contributed by atoms with Crippen molar-refractivity contribution in [1.29, 1.82) is 5.26 Å². The number of hydrogen-bond acceptors (Lipinski definition) is 4. The van der Waals surface area contributed by atoms with Gasteiger partial charge in [-0.2, -0.15) is 9.57 Å². The van der Waals surface area contributed by atoms with Crippen molar-refractivity contribution in [1.82, 2.24) is 4.31 Å². The van der Waals surface area contributed by atoms with Crippen LogP contribution >= 0.6 is 0 Å². The molecule has 1 aromatic rings. The molecule has 1 aliphatic rings. The van der Waals surface area contributed by atoms with E-state index in [1.807, 2.05) is 30.3 Å². The molecule has 1 saturated heterocycles. The lowest BCUT2D eigenvalue weighted by Crippen LogP contribution is -2.50. The average Bonchev–Trinajstić information content (AvgIpc) is 2.47. The summed E-state index contributed by atoms with van der Waals surface area (Å²) < 4.78 is 25.5. The molecule has 0 radical (unpaired) electrons. The SMILES string of the molecule is CC(C#N)S(=O)(=O)N1CCN(c2ccccc2)CC1. The Bertz CT molecular complexity index is 557. The van der Waals surface area contributed by atoms with E-state index in [9.17, 15) is 8.42 Å². The minimum atomic E-state index is -3.47. The van der Waals surface area contributed by atoms with E-state index in [1.54, 1.807) is 6.07 Å². The number of nitrogens with zero attached hydrogens (tertiary/aromatic N) is 3. The van der Waals surface area contributed by atoms with Crippen LogP contribution in [0.3, 0.4) is 0 Å². The Kier molecular flexibility index (Phi) is 4.08. The predicted octanol–water partition coefficient (Wildman–Crippen LogP) is 1.05. The minimum absolute atomic E-state index is 0.434. The molecule has 0 amide bonds. The van der Waals surface area contributed by atoms with Crippen LogP contribution in [0, 0.1) is 11.3 Å². The quantitative estimate of drug-likeness (QED) is 0.829. The number of piperazine rings is 1. The Balaban J connectivity index is 2.03. The zero-order valence-corrected chi connectivity index (χ0v) is 11.7. The van der Waals surface area contributed by atoms with Crippen LogP contribution in [0.5, 0.6) is 0 Å². The first kappa shape index (κ1) is 13.8. The standard InChI is InChI=1S/C13H17N3O2S/c1-12(11-14)19(17,18)16-9-7-15(8-10-16)13-5-3-2-4-6-13/h2-6,12H,7-10H2,1H3. The summed E-state index contributed by atoms with van der Waals surface area (Å²) >= 11 is 0. The molecule has 0 bridgehead atoms. The lowest BCUT2D eigenvalue weighted by Gasteiger charge is -2.35. The second kappa shape index (κ2) is 5.59. The van der Waals surface area contributed by atoms with Gasteiger partial charge in [-0.25, -0.2) is 8.42 Å². The normalized spacial score (nSPS) is 18.8. The highest BCUT2D eigenvalue weighted by Crippen LogP contribution is 2.18. The van der Waals surface area contributed by atoms with Gasteiger partial charge in [0.2, 0.25) is 10.0 Å². The van der Waals surface area contributed by atoms with E-state index in [4.69, 9.17) is 5.26 Å². The molecule has 102 valence electrons. The van der Waals surface area contributed by atoms with Crippen LogP contribution in [0.25, 0.3) is 0 Å². The van der Waals surface area contributed by atoms with Crippen LogP contribution < -0.4 is 4.90 Å². The Hall–Kier alpha value is -1.58. The maximum atomic E-state index is 12.0. The summed E-state index contributed by atoms with van der Waals surface area (Å²) in [6.45, 7) is 3.61. The van der Waals surface area contributed by atoms with Crippen molar-refractivity contribution >= 4 is 15.7 Å². The summed E-state index contributed by atoms with van der Waals surface area (Å²) in [5, 5.41) is 7.79. The van der Waals surface area contributed by atoms with Crippen molar-refractivity contribution in [2.24, 2.45) is 0 Å². The molecular formula is C13H17N3O2S. The smallest absolute Gasteiger partial charge is 0.230 e. The number of hydrogen-bond donors (Lipinski definition) is 0. The first-order chi connectivity index (χ1) is 9.05. The number of nitriles is 1. The van der Waals surface area contributed by atoms with Gasteiger partial charge in [0, 0.05) is 31.9 Å². The van der Waals surface area contributed by atoms with E-state index >= 15 is 0 Å². The highest BCUT2D eigenvalue weighted by Gasteiger charge is 2.31. The molecule has 0 saturated carbocycles. The van der Waals surface area contributed by atoms with Gasteiger partial charge >= 0.3 is 0 Å². The molecule has 5 nitrogen and oxygen atoms in total. The van der Waals surface area contributed by atoms with E-state index in [0.29, 0.717) is 26.2 Å². The van der Waals surface area contributed by atoms with E-state index in [0.717, 1.165) is 5.69 Å². The Labute approximate surface area is 114 Å². The zero-order valence-electron chi connectivity index (χ0n) is 10.9. The maximum Gasteiger partial charge on any atom is 0.230 e. The summed E-state index contributed by atoms with van der Waals surface area (Å²) in [7, 11) is -3.47. The van der Waals surface area contributed by atoms with Crippen LogP contribution in [0.4, 0.5) is 5.69 Å². The highest BCUT2D eigenvalue weighted by atomic mass is 32.2. The summed E-state index contributed by atoms with van der Waals surface area (Å²) in [4.78, 5) is 2.16. The fraction of sp³-hybridized carbons (Fsp3) is 0.462. The second-order valence-electron chi connectivity index (χ2n) is 4.54. The lowest BCUT2D eigenvalue weighted by atomic mass is 10.2. The van der Waals surface area contributed by atoms with Gasteiger partial charge in [0.1, 0.15) is 0 Å². The summed E-state index contributed by atoms with van der Waals surface area (Å²) in [6.07, 6.45) is 0. The number of sulfonamides is 1. The van der Waals surface area contributed by atoms with E-state index < -0.39 is 15.3 Å². The Morgan fingerprint density at radius 2 is 1.74 bits per heavy atom. The maximum absolute atomic E-state index is 12.0. The van der Waals surface area contributed by atoms with Crippen molar-refractivity contribution in [2.45, 2.75) is 12.2 Å². The second-order valence-corrected chi connectivity index (χ2v) is 6.79. The van der Waals surface area contributed by atoms with Crippen molar-refractivity contribution in [2.75, 3.05) is 31.1 Å². The van der Waals surface area contributed by atoms with Gasteiger partial charge in [-0.1, -0.05) is 18.2 Å².